The molecular formula is C18H32IN3O3. The summed E-state index contributed by atoms with van der Waals surface area (Å²) in [5.74, 6) is 0.799. The number of rotatable bonds is 12. The van der Waals surface area contributed by atoms with E-state index in [2.05, 4.69) is 33.8 Å². The second-order valence-corrected chi connectivity index (χ2v) is 5.18. The second-order valence-electron chi connectivity index (χ2n) is 5.18. The Morgan fingerprint density at radius 2 is 1.80 bits per heavy atom. The van der Waals surface area contributed by atoms with Crippen molar-refractivity contribution in [2.75, 3.05) is 46.6 Å². The summed E-state index contributed by atoms with van der Waals surface area (Å²) in [4.78, 5) is 4.60. The van der Waals surface area contributed by atoms with Crippen molar-refractivity contribution in [3.05, 3.63) is 35.4 Å². The van der Waals surface area contributed by atoms with E-state index in [1.165, 1.54) is 0 Å². The zero-order chi connectivity index (χ0) is 17.5. The van der Waals surface area contributed by atoms with Crippen LogP contribution in [0, 0.1) is 0 Å². The predicted molar refractivity (Wildman–Crippen MR) is 113 cm³/mol. The molecule has 0 saturated heterocycles. The molecule has 0 radical (unpaired) electrons. The fraction of sp³-hybridized carbons (Fsp3) is 0.611. The summed E-state index contributed by atoms with van der Waals surface area (Å²) < 4.78 is 15.9. The Labute approximate surface area is 168 Å². The van der Waals surface area contributed by atoms with Crippen molar-refractivity contribution in [1.82, 2.24) is 10.6 Å². The first-order valence-electron chi connectivity index (χ1n) is 8.54. The Hall–Kier alpha value is -0.900. The molecular weight excluding hydrogens is 433 g/mol. The van der Waals surface area contributed by atoms with Gasteiger partial charge in [0, 0.05) is 26.8 Å². The van der Waals surface area contributed by atoms with Crippen LogP contribution < -0.4 is 10.6 Å². The molecule has 6 nitrogen and oxygen atoms in total. The van der Waals surface area contributed by atoms with Crippen LogP contribution in [-0.2, 0) is 27.4 Å². The molecule has 0 amide bonds. The fourth-order valence-electron chi connectivity index (χ4n) is 2.05. The number of methoxy groups -OCH3 is 1. The lowest BCUT2D eigenvalue weighted by molar-refractivity contribution is 0.0453. The number of nitrogens with one attached hydrogen (secondary N) is 2. The molecule has 0 bridgehead atoms. The molecule has 7 heteroatoms. The molecule has 0 saturated carbocycles. The van der Waals surface area contributed by atoms with Crippen molar-refractivity contribution >= 4 is 29.9 Å². The van der Waals surface area contributed by atoms with Gasteiger partial charge in [-0.2, -0.15) is 0 Å². The molecule has 25 heavy (non-hydrogen) atoms. The number of aliphatic imine (C=N–C) groups is 1. The van der Waals surface area contributed by atoms with E-state index in [0.29, 0.717) is 33.0 Å². The maximum Gasteiger partial charge on any atom is 0.191 e. The Balaban J connectivity index is 0.00000576. The van der Waals surface area contributed by atoms with Crippen LogP contribution in [0.1, 0.15) is 25.0 Å². The van der Waals surface area contributed by atoms with Crippen molar-refractivity contribution in [3.63, 3.8) is 0 Å². The minimum absolute atomic E-state index is 0. The third-order valence-corrected chi connectivity index (χ3v) is 3.20. The van der Waals surface area contributed by atoms with E-state index in [1.54, 1.807) is 7.11 Å². The van der Waals surface area contributed by atoms with Crippen LogP contribution in [0.15, 0.2) is 29.3 Å². The average molecular weight is 465 g/mol. The number of benzene rings is 1. The van der Waals surface area contributed by atoms with Crippen molar-refractivity contribution in [2.45, 2.75) is 27.0 Å². The lowest BCUT2D eigenvalue weighted by Crippen LogP contribution is -2.38. The van der Waals surface area contributed by atoms with Crippen LogP contribution in [0.25, 0.3) is 0 Å². The van der Waals surface area contributed by atoms with E-state index in [4.69, 9.17) is 14.2 Å². The molecule has 0 spiro atoms. The van der Waals surface area contributed by atoms with Crippen LogP contribution in [-0.4, -0.2) is 52.6 Å². The van der Waals surface area contributed by atoms with Gasteiger partial charge in [-0.25, -0.2) is 4.99 Å². The lowest BCUT2D eigenvalue weighted by atomic mass is 10.1. The first kappa shape index (κ1) is 24.1. The van der Waals surface area contributed by atoms with Crippen molar-refractivity contribution in [1.29, 1.82) is 0 Å². The molecule has 0 unspecified atom stereocenters. The number of guanidine groups is 1. The average Bonchev–Trinajstić information content (AvgIpc) is 2.60. The van der Waals surface area contributed by atoms with Crippen LogP contribution >= 0.6 is 24.0 Å². The molecule has 0 aliphatic carbocycles. The number of hydrogen-bond acceptors (Lipinski definition) is 4. The van der Waals surface area contributed by atoms with Gasteiger partial charge in [-0.3, -0.25) is 0 Å². The molecule has 0 heterocycles. The fourth-order valence-corrected chi connectivity index (χ4v) is 2.05. The highest BCUT2D eigenvalue weighted by Gasteiger charge is 1.99. The molecule has 0 fully saturated rings. The van der Waals surface area contributed by atoms with E-state index in [0.717, 1.165) is 36.8 Å². The molecule has 2 N–H and O–H groups in total. The molecule has 0 aliphatic rings. The van der Waals surface area contributed by atoms with Crippen molar-refractivity contribution in [2.24, 2.45) is 4.99 Å². The maximum atomic E-state index is 5.61. The largest absolute Gasteiger partial charge is 0.383 e. The minimum atomic E-state index is 0. The predicted octanol–water partition coefficient (Wildman–Crippen LogP) is 2.56. The molecule has 1 rings (SSSR count). The standard InChI is InChI=1S/C18H31N3O3.HI/c1-4-19-18(20-9-10-22-3)21-14-16-7-6-8-17(13-16)15-24-12-11-23-5-2;/h6-8,13H,4-5,9-12,14-15H2,1-3H3,(H2,19,20,21);1H. The topological polar surface area (TPSA) is 64.1 Å². The summed E-state index contributed by atoms with van der Waals surface area (Å²) in [5.41, 5.74) is 2.31. The van der Waals surface area contributed by atoms with E-state index < -0.39 is 0 Å². The van der Waals surface area contributed by atoms with Crippen LogP contribution in [0.3, 0.4) is 0 Å². The summed E-state index contributed by atoms with van der Waals surface area (Å²) in [6.07, 6.45) is 0. The van der Waals surface area contributed by atoms with Crippen molar-refractivity contribution < 1.29 is 14.2 Å². The van der Waals surface area contributed by atoms with Gasteiger partial charge in [0.25, 0.3) is 0 Å². The van der Waals surface area contributed by atoms with Gasteiger partial charge in [-0.05, 0) is 25.0 Å². The number of nitrogens with zero attached hydrogens (tertiary/aromatic N) is 1. The lowest BCUT2D eigenvalue weighted by Gasteiger charge is -2.11. The van der Waals surface area contributed by atoms with E-state index in [9.17, 15) is 0 Å². The zero-order valence-corrected chi connectivity index (χ0v) is 17.9. The van der Waals surface area contributed by atoms with Gasteiger partial charge in [-0.15, -0.1) is 24.0 Å². The van der Waals surface area contributed by atoms with Gasteiger partial charge in [0.2, 0.25) is 0 Å². The number of halogens is 1. The number of ether oxygens (including phenoxy) is 3. The van der Waals surface area contributed by atoms with E-state index in [1.807, 2.05) is 19.9 Å². The summed E-state index contributed by atoms with van der Waals surface area (Å²) in [5, 5.41) is 6.46. The molecule has 1 aromatic carbocycles. The quantitative estimate of drug-likeness (QED) is 0.215. The van der Waals surface area contributed by atoms with E-state index in [-0.39, 0.29) is 24.0 Å². The Kier molecular flexibility index (Phi) is 16.0. The minimum Gasteiger partial charge on any atom is -0.383 e. The first-order valence-corrected chi connectivity index (χ1v) is 8.54. The highest BCUT2D eigenvalue weighted by molar-refractivity contribution is 14.0. The monoisotopic (exact) mass is 465 g/mol. The smallest absolute Gasteiger partial charge is 0.191 e. The van der Waals surface area contributed by atoms with Crippen LogP contribution in [0.4, 0.5) is 0 Å². The summed E-state index contributed by atoms with van der Waals surface area (Å²) in [6.45, 7) is 9.43. The molecule has 1 aromatic rings. The zero-order valence-electron chi connectivity index (χ0n) is 15.5. The highest BCUT2D eigenvalue weighted by atomic mass is 127. The van der Waals surface area contributed by atoms with Gasteiger partial charge in [0.05, 0.1) is 33.0 Å². The van der Waals surface area contributed by atoms with Crippen LogP contribution in [0.5, 0.6) is 0 Å². The highest BCUT2D eigenvalue weighted by Crippen LogP contribution is 2.08. The molecule has 0 atom stereocenters. The van der Waals surface area contributed by atoms with Gasteiger partial charge < -0.3 is 24.8 Å². The Morgan fingerprint density at radius 3 is 2.52 bits per heavy atom. The van der Waals surface area contributed by atoms with Gasteiger partial charge in [0.15, 0.2) is 5.96 Å². The summed E-state index contributed by atoms with van der Waals surface area (Å²) in [6, 6.07) is 8.31. The third-order valence-electron chi connectivity index (χ3n) is 3.20. The Bertz CT molecular complexity index is 473. The molecule has 144 valence electrons. The Morgan fingerprint density at radius 1 is 1.04 bits per heavy atom. The molecule has 0 aromatic heterocycles. The van der Waals surface area contributed by atoms with Crippen molar-refractivity contribution in [3.8, 4) is 0 Å². The number of hydrogen-bond donors (Lipinski definition) is 2. The van der Waals surface area contributed by atoms with Gasteiger partial charge in [-0.1, -0.05) is 24.3 Å². The van der Waals surface area contributed by atoms with Gasteiger partial charge >= 0.3 is 0 Å². The molecule has 0 aliphatic heterocycles. The summed E-state index contributed by atoms with van der Waals surface area (Å²) in [7, 11) is 1.69. The van der Waals surface area contributed by atoms with Gasteiger partial charge in [0.1, 0.15) is 0 Å². The normalized spacial score (nSPS) is 11.1. The SMILES string of the molecule is CCNC(=NCc1cccc(COCCOCC)c1)NCCOC.I. The maximum absolute atomic E-state index is 5.61. The van der Waals surface area contributed by atoms with Crippen LogP contribution in [0.2, 0.25) is 0 Å². The second kappa shape index (κ2) is 16.6. The first-order chi connectivity index (χ1) is 11.8. The summed E-state index contributed by atoms with van der Waals surface area (Å²) >= 11 is 0. The van der Waals surface area contributed by atoms with E-state index >= 15 is 0 Å². The third kappa shape index (κ3) is 12.1.